The second-order valence-electron chi connectivity index (χ2n) is 3.88. The van der Waals surface area contributed by atoms with Gasteiger partial charge in [0, 0.05) is 0 Å². The average molecular weight is 192 g/mol. The Hall–Kier alpha value is -1.11. The third kappa shape index (κ3) is 2.22. The zero-order valence-electron chi connectivity index (χ0n) is 9.10. The van der Waals surface area contributed by atoms with Crippen LogP contribution in [0.25, 0.3) is 0 Å². The topological polar surface area (TPSA) is 0 Å². The van der Waals surface area contributed by atoms with E-state index < -0.39 is 0 Å². The van der Waals surface area contributed by atoms with Crippen molar-refractivity contribution < 1.29 is 4.39 Å². The molecule has 0 fully saturated rings. The number of rotatable bonds is 3. The fraction of sp³-hybridized carbons (Fsp3) is 0.385. The standard InChI is InChI=1S/C13H17F/c1-5-6-9(2)12-8-13(14)11(4)7-10(12)3/h5,7-9H,1,6H2,2-4H3. The summed E-state index contributed by atoms with van der Waals surface area (Å²) in [6.07, 6.45) is 2.77. The molecule has 0 radical (unpaired) electrons. The molecule has 0 nitrogen and oxygen atoms in total. The molecule has 0 heterocycles. The molecule has 1 aromatic carbocycles. The first-order valence-corrected chi connectivity index (χ1v) is 4.93. The number of hydrogen-bond acceptors (Lipinski definition) is 0. The minimum absolute atomic E-state index is 0.110. The minimum Gasteiger partial charge on any atom is -0.207 e. The van der Waals surface area contributed by atoms with Crippen LogP contribution in [-0.2, 0) is 0 Å². The van der Waals surface area contributed by atoms with E-state index in [4.69, 9.17) is 0 Å². The van der Waals surface area contributed by atoms with Crippen molar-refractivity contribution in [1.82, 2.24) is 0 Å². The van der Waals surface area contributed by atoms with Crippen LogP contribution in [0.4, 0.5) is 4.39 Å². The van der Waals surface area contributed by atoms with Gasteiger partial charge in [-0.05, 0) is 48.9 Å². The first-order valence-electron chi connectivity index (χ1n) is 4.93. The second kappa shape index (κ2) is 4.41. The highest BCUT2D eigenvalue weighted by Gasteiger charge is 2.09. The average Bonchev–Trinajstić information content (AvgIpc) is 2.11. The summed E-state index contributed by atoms with van der Waals surface area (Å²) in [7, 11) is 0. The van der Waals surface area contributed by atoms with Crippen molar-refractivity contribution >= 4 is 0 Å². The summed E-state index contributed by atoms with van der Waals surface area (Å²) in [5, 5.41) is 0. The van der Waals surface area contributed by atoms with Gasteiger partial charge < -0.3 is 0 Å². The first-order chi connectivity index (χ1) is 6.56. The van der Waals surface area contributed by atoms with E-state index in [-0.39, 0.29) is 5.82 Å². The Morgan fingerprint density at radius 1 is 1.36 bits per heavy atom. The van der Waals surface area contributed by atoms with Gasteiger partial charge >= 0.3 is 0 Å². The van der Waals surface area contributed by atoms with Gasteiger partial charge in [0.15, 0.2) is 0 Å². The lowest BCUT2D eigenvalue weighted by Gasteiger charge is -2.13. The van der Waals surface area contributed by atoms with Crippen molar-refractivity contribution in [2.24, 2.45) is 0 Å². The molecule has 0 spiro atoms. The summed E-state index contributed by atoms with van der Waals surface area (Å²) in [6, 6.07) is 3.56. The molecule has 0 N–H and O–H groups in total. The van der Waals surface area contributed by atoms with Crippen LogP contribution >= 0.6 is 0 Å². The molecule has 0 aliphatic carbocycles. The van der Waals surface area contributed by atoms with Crippen LogP contribution in [0.1, 0.15) is 36.0 Å². The normalized spacial score (nSPS) is 12.6. The quantitative estimate of drug-likeness (QED) is 0.632. The maximum atomic E-state index is 13.3. The number of hydrogen-bond donors (Lipinski definition) is 0. The molecule has 0 aliphatic heterocycles. The molecule has 0 bridgehead atoms. The maximum Gasteiger partial charge on any atom is 0.126 e. The largest absolute Gasteiger partial charge is 0.207 e. The highest BCUT2D eigenvalue weighted by Crippen LogP contribution is 2.25. The lowest BCUT2D eigenvalue weighted by atomic mass is 9.92. The monoisotopic (exact) mass is 192 g/mol. The third-order valence-corrected chi connectivity index (χ3v) is 2.60. The molecule has 1 aromatic rings. The van der Waals surface area contributed by atoms with Crippen LogP contribution in [0.2, 0.25) is 0 Å². The second-order valence-corrected chi connectivity index (χ2v) is 3.88. The minimum atomic E-state index is -0.110. The van der Waals surface area contributed by atoms with Crippen LogP contribution in [0, 0.1) is 19.7 Å². The summed E-state index contributed by atoms with van der Waals surface area (Å²) >= 11 is 0. The van der Waals surface area contributed by atoms with Crippen molar-refractivity contribution in [1.29, 1.82) is 0 Å². The molecule has 76 valence electrons. The van der Waals surface area contributed by atoms with E-state index in [9.17, 15) is 4.39 Å². The van der Waals surface area contributed by atoms with Crippen molar-refractivity contribution in [2.45, 2.75) is 33.1 Å². The molecule has 1 heteroatoms. The number of aryl methyl sites for hydroxylation is 2. The molecule has 0 aromatic heterocycles. The summed E-state index contributed by atoms with van der Waals surface area (Å²) in [6.45, 7) is 9.62. The number of benzene rings is 1. The number of halogens is 1. The first kappa shape index (κ1) is 11.0. The van der Waals surface area contributed by atoms with Gasteiger partial charge in [-0.1, -0.05) is 19.1 Å². The van der Waals surface area contributed by atoms with Crippen molar-refractivity contribution in [2.75, 3.05) is 0 Å². The molecule has 0 aliphatic rings. The molecular weight excluding hydrogens is 175 g/mol. The molecule has 14 heavy (non-hydrogen) atoms. The van der Waals surface area contributed by atoms with Crippen LogP contribution in [0.3, 0.4) is 0 Å². The molecule has 1 unspecified atom stereocenters. The number of allylic oxidation sites excluding steroid dienone is 1. The molecule has 1 rings (SSSR count). The summed E-state index contributed by atoms with van der Waals surface area (Å²) in [5.41, 5.74) is 2.98. The van der Waals surface area contributed by atoms with E-state index in [0.29, 0.717) is 5.92 Å². The molecular formula is C13H17F. The van der Waals surface area contributed by atoms with Crippen LogP contribution < -0.4 is 0 Å². The molecule has 0 amide bonds. The Morgan fingerprint density at radius 2 is 2.00 bits per heavy atom. The fourth-order valence-corrected chi connectivity index (χ4v) is 1.75. The smallest absolute Gasteiger partial charge is 0.126 e. The molecule has 0 saturated heterocycles. The van der Waals surface area contributed by atoms with Gasteiger partial charge in [0.1, 0.15) is 5.82 Å². The Balaban J connectivity index is 3.08. The van der Waals surface area contributed by atoms with Gasteiger partial charge in [-0.2, -0.15) is 0 Å². The molecule has 0 saturated carbocycles. The van der Waals surface area contributed by atoms with E-state index in [1.165, 1.54) is 5.56 Å². The Morgan fingerprint density at radius 3 is 2.57 bits per heavy atom. The Kier molecular flexibility index (Phi) is 3.45. The van der Waals surface area contributed by atoms with Crippen LogP contribution in [0.15, 0.2) is 24.8 Å². The van der Waals surface area contributed by atoms with Crippen LogP contribution in [0.5, 0.6) is 0 Å². The highest BCUT2D eigenvalue weighted by molar-refractivity contribution is 5.34. The van der Waals surface area contributed by atoms with E-state index in [2.05, 4.69) is 13.5 Å². The predicted molar refractivity (Wildman–Crippen MR) is 59.1 cm³/mol. The molecule has 1 atom stereocenters. The lowest BCUT2D eigenvalue weighted by Crippen LogP contribution is -1.98. The van der Waals surface area contributed by atoms with E-state index in [1.54, 1.807) is 13.0 Å². The SMILES string of the molecule is C=CCC(C)c1cc(F)c(C)cc1C. The van der Waals surface area contributed by atoms with Crippen molar-refractivity contribution in [3.8, 4) is 0 Å². The van der Waals surface area contributed by atoms with Gasteiger partial charge in [-0.15, -0.1) is 6.58 Å². The Labute approximate surface area is 85.5 Å². The maximum absolute atomic E-state index is 13.3. The third-order valence-electron chi connectivity index (χ3n) is 2.60. The summed E-state index contributed by atoms with van der Waals surface area (Å²) in [4.78, 5) is 0. The van der Waals surface area contributed by atoms with Crippen molar-refractivity contribution in [3.63, 3.8) is 0 Å². The zero-order chi connectivity index (χ0) is 10.7. The fourth-order valence-electron chi connectivity index (χ4n) is 1.75. The van der Waals surface area contributed by atoms with E-state index in [0.717, 1.165) is 17.5 Å². The van der Waals surface area contributed by atoms with Gasteiger partial charge in [0.05, 0.1) is 0 Å². The van der Waals surface area contributed by atoms with Gasteiger partial charge in [0.25, 0.3) is 0 Å². The van der Waals surface area contributed by atoms with Crippen molar-refractivity contribution in [3.05, 3.63) is 47.3 Å². The van der Waals surface area contributed by atoms with Gasteiger partial charge in [-0.25, -0.2) is 4.39 Å². The van der Waals surface area contributed by atoms with Gasteiger partial charge in [0.2, 0.25) is 0 Å². The predicted octanol–water partition coefficient (Wildman–Crippen LogP) is 4.12. The zero-order valence-corrected chi connectivity index (χ0v) is 9.10. The van der Waals surface area contributed by atoms with Crippen LogP contribution in [-0.4, -0.2) is 0 Å². The van der Waals surface area contributed by atoms with Gasteiger partial charge in [-0.3, -0.25) is 0 Å². The summed E-state index contributed by atoms with van der Waals surface area (Å²) in [5.74, 6) is 0.240. The highest BCUT2D eigenvalue weighted by atomic mass is 19.1. The summed E-state index contributed by atoms with van der Waals surface area (Å²) < 4.78 is 13.3. The van der Waals surface area contributed by atoms with E-state index >= 15 is 0 Å². The lowest BCUT2D eigenvalue weighted by molar-refractivity contribution is 0.611. The Bertz CT molecular complexity index is 339. The van der Waals surface area contributed by atoms with E-state index in [1.807, 2.05) is 19.1 Å².